The third-order valence-electron chi connectivity index (χ3n) is 3.59. The standard InChI is InChI=1S/C19H15N3/c20-13-16-11-14(12-19-18(21)7-4-10-22-19)8-9-17(16)15-5-2-1-3-6-15/h1-11H,12,21H2. The summed E-state index contributed by atoms with van der Waals surface area (Å²) in [5, 5.41) is 9.43. The van der Waals surface area contributed by atoms with Gasteiger partial charge in [-0.05, 0) is 34.9 Å². The Hall–Kier alpha value is -3.12. The second-order valence-electron chi connectivity index (χ2n) is 5.07. The van der Waals surface area contributed by atoms with E-state index in [2.05, 4.69) is 11.1 Å². The van der Waals surface area contributed by atoms with Crippen molar-refractivity contribution in [3.63, 3.8) is 0 Å². The molecule has 22 heavy (non-hydrogen) atoms. The maximum absolute atomic E-state index is 9.43. The van der Waals surface area contributed by atoms with Gasteiger partial charge in [0.1, 0.15) is 0 Å². The molecule has 1 heterocycles. The molecule has 0 aliphatic heterocycles. The van der Waals surface area contributed by atoms with Crippen molar-refractivity contribution in [3.8, 4) is 17.2 Å². The molecule has 0 bridgehead atoms. The van der Waals surface area contributed by atoms with Crippen LogP contribution in [0, 0.1) is 11.3 Å². The Morgan fingerprint density at radius 3 is 2.55 bits per heavy atom. The minimum atomic E-state index is 0.621. The van der Waals surface area contributed by atoms with Gasteiger partial charge in [-0.15, -0.1) is 0 Å². The van der Waals surface area contributed by atoms with Crippen molar-refractivity contribution in [1.29, 1.82) is 5.26 Å². The number of aromatic nitrogens is 1. The van der Waals surface area contributed by atoms with Crippen LogP contribution in [0.25, 0.3) is 11.1 Å². The molecule has 1 aromatic heterocycles. The molecular weight excluding hydrogens is 270 g/mol. The number of nitrogen functional groups attached to an aromatic ring is 1. The fraction of sp³-hybridized carbons (Fsp3) is 0.0526. The first-order valence-electron chi connectivity index (χ1n) is 7.06. The SMILES string of the molecule is N#Cc1cc(Cc2ncccc2N)ccc1-c1ccccc1. The lowest BCUT2D eigenvalue weighted by Gasteiger charge is -2.08. The normalized spacial score (nSPS) is 10.1. The number of nitrogens with two attached hydrogens (primary N) is 1. The van der Waals surface area contributed by atoms with E-state index in [0.717, 1.165) is 22.4 Å². The Balaban J connectivity index is 1.96. The highest BCUT2D eigenvalue weighted by Crippen LogP contribution is 2.25. The zero-order chi connectivity index (χ0) is 15.4. The van der Waals surface area contributed by atoms with Crippen molar-refractivity contribution in [2.24, 2.45) is 0 Å². The van der Waals surface area contributed by atoms with E-state index in [4.69, 9.17) is 5.73 Å². The first-order chi connectivity index (χ1) is 10.8. The summed E-state index contributed by atoms with van der Waals surface area (Å²) in [7, 11) is 0. The molecule has 0 atom stereocenters. The van der Waals surface area contributed by atoms with Gasteiger partial charge in [-0.3, -0.25) is 4.98 Å². The third kappa shape index (κ3) is 2.82. The molecule has 0 aliphatic carbocycles. The van der Waals surface area contributed by atoms with Crippen molar-refractivity contribution < 1.29 is 0 Å². The molecule has 3 nitrogen and oxygen atoms in total. The van der Waals surface area contributed by atoms with Crippen LogP contribution < -0.4 is 5.73 Å². The van der Waals surface area contributed by atoms with Gasteiger partial charge in [0, 0.05) is 12.6 Å². The van der Waals surface area contributed by atoms with Gasteiger partial charge in [0.2, 0.25) is 0 Å². The number of benzene rings is 2. The first-order valence-corrected chi connectivity index (χ1v) is 7.06. The molecule has 0 unspecified atom stereocenters. The van der Waals surface area contributed by atoms with Crippen LogP contribution in [0.2, 0.25) is 0 Å². The Morgan fingerprint density at radius 1 is 1.00 bits per heavy atom. The largest absolute Gasteiger partial charge is 0.397 e. The van der Waals surface area contributed by atoms with Crippen LogP contribution in [0.15, 0.2) is 66.9 Å². The van der Waals surface area contributed by atoms with E-state index in [1.54, 1.807) is 6.20 Å². The van der Waals surface area contributed by atoms with Gasteiger partial charge in [0.25, 0.3) is 0 Å². The molecule has 3 heteroatoms. The predicted molar refractivity (Wildman–Crippen MR) is 88.0 cm³/mol. The molecular formula is C19H15N3. The van der Waals surface area contributed by atoms with E-state index in [0.29, 0.717) is 17.7 Å². The lowest BCUT2D eigenvalue weighted by Crippen LogP contribution is -1.99. The molecule has 2 aromatic carbocycles. The minimum Gasteiger partial charge on any atom is -0.397 e. The molecule has 2 N–H and O–H groups in total. The van der Waals surface area contributed by atoms with Gasteiger partial charge >= 0.3 is 0 Å². The van der Waals surface area contributed by atoms with Crippen molar-refractivity contribution >= 4 is 5.69 Å². The second kappa shape index (κ2) is 6.11. The monoisotopic (exact) mass is 285 g/mol. The van der Waals surface area contributed by atoms with Gasteiger partial charge in [-0.1, -0.05) is 42.5 Å². The fourth-order valence-electron chi connectivity index (χ4n) is 2.45. The zero-order valence-corrected chi connectivity index (χ0v) is 12.0. The predicted octanol–water partition coefficient (Wildman–Crippen LogP) is 3.79. The summed E-state index contributed by atoms with van der Waals surface area (Å²) < 4.78 is 0. The summed E-state index contributed by atoms with van der Waals surface area (Å²) >= 11 is 0. The number of rotatable bonds is 3. The number of hydrogen-bond donors (Lipinski definition) is 1. The molecule has 0 saturated heterocycles. The molecule has 0 radical (unpaired) electrons. The van der Waals surface area contributed by atoms with Gasteiger partial charge in [-0.2, -0.15) is 5.26 Å². The summed E-state index contributed by atoms with van der Waals surface area (Å²) in [5.74, 6) is 0. The lowest BCUT2D eigenvalue weighted by molar-refractivity contribution is 1.08. The Kier molecular flexibility index (Phi) is 3.84. The molecule has 0 spiro atoms. The molecule has 0 fully saturated rings. The maximum atomic E-state index is 9.43. The smallest absolute Gasteiger partial charge is 0.0998 e. The topological polar surface area (TPSA) is 62.7 Å². The average Bonchev–Trinajstić information content (AvgIpc) is 2.57. The Morgan fingerprint density at radius 2 is 1.82 bits per heavy atom. The summed E-state index contributed by atoms with van der Waals surface area (Å²) in [6, 6.07) is 21.8. The highest BCUT2D eigenvalue weighted by atomic mass is 14.7. The Labute approximate surface area is 129 Å². The first kappa shape index (κ1) is 13.8. The number of nitrogens with zero attached hydrogens (tertiary/aromatic N) is 2. The van der Waals surface area contributed by atoms with E-state index < -0.39 is 0 Å². The molecule has 0 amide bonds. The summed E-state index contributed by atoms with van der Waals surface area (Å²) in [4.78, 5) is 4.30. The van der Waals surface area contributed by atoms with Crippen LogP contribution in [-0.2, 0) is 6.42 Å². The van der Waals surface area contributed by atoms with E-state index in [1.807, 2.05) is 60.7 Å². The van der Waals surface area contributed by atoms with Crippen LogP contribution in [-0.4, -0.2) is 4.98 Å². The van der Waals surface area contributed by atoms with Gasteiger partial charge in [0.15, 0.2) is 0 Å². The number of anilines is 1. The highest BCUT2D eigenvalue weighted by molar-refractivity contribution is 5.71. The van der Waals surface area contributed by atoms with Crippen LogP contribution in [0.1, 0.15) is 16.8 Å². The van der Waals surface area contributed by atoms with Crippen molar-refractivity contribution in [1.82, 2.24) is 4.98 Å². The summed E-state index contributed by atoms with van der Waals surface area (Å²) in [5.41, 5.74) is 11.1. The minimum absolute atomic E-state index is 0.621. The summed E-state index contributed by atoms with van der Waals surface area (Å²) in [6.45, 7) is 0. The lowest BCUT2D eigenvalue weighted by atomic mass is 9.96. The van der Waals surface area contributed by atoms with Crippen molar-refractivity contribution in [3.05, 3.63) is 83.7 Å². The summed E-state index contributed by atoms with van der Waals surface area (Å²) in [6.07, 6.45) is 2.35. The third-order valence-corrected chi connectivity index (χ3v) is 3.59. The van der Waals surface area contributed by atoms with E-state index in [1.165, 1.54) is 0 Å². The molecule has 0 saturated carbocycles. The van der Waals surface area contributed by atoms with Gasteiger partial charge in [0.05, 0.1) is 23.0 Å². The number of hydrogen-bond acceptors (Lipinski definition) is 3. The molecule has 3 rings (SSSR count). The van der Waals surface area contributed by atoms with E-state index in [9.17, 15) is 5.26 Å². The highest BCUT2D eigenvalue weighted by Gasteiger charge is 2.08. The second-order valence-corrected chi connectivity index (χ2v) is 5.07. The van der Waals surface area contributed by atoms with Gasteiger partial charge in [-0.25, -0.2) is 0 Å². The quantitative estimate of drug-likeness (QED) is 0.796. The molecule has 0 aliphatic rings. The van der Waals surface area contributed by atoms with Crippen LogP contribution >= 0.6 is 0 Å². The van der Waals surface area contributed by atoms with Crippen molar-refractivity contribution in [2.75, 3.05) is 5.73 Å². The maximum Gasteiger partial charge on any atom is 0.0998 e. The van der Waals surface area contributed by atoms with Crippen LogP contribution in [0.5, 0.6) is 0 Å². The van der Waals surface area contributed by atoms with E-state index >= 15 is 0 Å². The fourth-order valence-corrected chi connectivity index (χ4v) is 2.45. The van der Waals surface area contributed by atoms with Crippen LogP contribution in [0.3, 0.4) is 0 Å². The average molecular weight is 285 g/mol. The van der Waals surface area contributed by atoms with Crippen molar-refractivity contribution in [2.45, 2.75) is 6.42 Å². The zero-order valence-electron chi connectivity index (χ0n) is 12.0. The van der Waals surface area contributed by atoms with Gasteiger partial charge < -0.3 is 5.73 Å². The number of pyridine rings is 1. The molecule has 106 valence electrons. The van der Waals surface area contributed by atoms with E-state index in [-0.39, 0.29) is 0 Å². The molecule has 3 aromatic rings. The Bertz CT molecular complexity index is 833. The number of nitriles is 1. The van der Waals surface area contributed by atoms with Crippen LogP contribution in [0.4, 0.5) is 5.69 Å².